The van der Waals surface area contributed by atoms with Crippen LogP contribution in [0.1, 0.15) is 11.3 Å². The smallest absolute Gasteiger partial charge is 0.226 e. The van der Waals surface area contributed by atoms with Gasteiger partial charge in [-0.15, -0.1) is 0 Å². The van der Waals surface area contributed by atoms with Gasteiger partial charge in [-0.05, 0) is 35.9 Å². The zero-order chi connectivity index (χ0) is 19.1. The minimum atomic E-state index is -0.287. The Hall–Kier alpha value is -2.86. The lowest BCUT2D eigenvalue weighted by Gasteiger charge is -2.12. The third-order valence-corrected chi connectivity index (χ3v) is 4.31. The predicted octanol–water partition coefficient (Wildman–Crippen LogP) is 4.04. The Morgan fingerprint density at radius 3 is 2.67 bits per heavy atom. The molecule has 140 valence electrons. The van der Waals surface area contributed by atoms with E-state index in [0.717, 1.165) is 21.8 Å². The van der Waals surface area contributed by atoms with Crippen molar-refractivity contribution in [3.8, 4) is 11.5 Å². The second-order valence-electron chi connectivity index (χ2n) is 5.84. The lowest BCUT2D eigenvalue weighted by Crippen LogP contribution is -2.37. The molecule has 0 aliphatic rings. The molecular formula is C20H20ClFN4O. The van der Waals surface area contributed by atoms with Crippen LogP contribution in [-0.2, 0) is 13.0 Å². The fourth-order valence-corrected chi connectivity index (χ4v) is 2.70. The molecule has 5 nitrogen and oxygen atoms in total. The first-order valence-corrected chi connectivity index (χ1v) is 8.92. The molecule has 3 rings (SSSR count). The fourth-order valence-electron chi connectivity index (χ4n) is 2.50. The van der Waals surface area contributed by atoms with Crippen LogP contribution >= 0.6 is 11.6 Å². The van der Waals surface area contributed by atoms with Crippen molar-refractivity contribution in [3.05, 3.63) is 76.9 Å². The van der Waals surface area contributed by atoms with Crippen LogP contribution < -0.4 is 10.6 Å². The van der Waals surface area contributed by atoms with Crippen molar-refractivity contribution in [2.24, 2.45) is 4.99 Å². The van der Waals surface area contributed by atoms with Crippen molar-refractivity contribution >= 4 is 17.6 Å². The van der Waals surface area contributed by atoms with Gasteiger partial charge >= 0.3 is 0 Å². The van der Waals surface area contributed by atoms with Gasteiger partial charge in [0.15, 0.2) is 5.96 Å². The number of benzene rings is 2. The van der Waals surface area contributed by atoms with Gasteiger partial charge in [0.2, 0.25) is 5.89 Å². The van der Waals surface area contributed by atoms with Gasteiger partial charge < -0.3 is 15.1 Å². The number of halogens is 2. The molecule has 0 atom stereocenters. The molecule has 0 amide bonds. The quantitative estimate of drug-likeness (QED) is 0.495. The number of oxazole rings is 1. The van der Waals surface area contributed by atoms with Crippen LogP contribution in [0.5, 0.6) is 0 Å². The maximum absolute atomic E-state index is 13.0. The highest BCUT2D eigenvalue weighted by molar-refractivity contribution is 6.31. The Morgan fingerprint density at radius 2 is 1.93 bits per heavy atom. The van der Waals surface area contributed by atoms with Crippen LogP contribution in [0, 0.1) is 5.82 Å². The van der Waals surface area contributed by atoms with Crippen molar-refractivity contribution in [1.29, 1.82) is 0 Å². The van der Waals surface area contributed by atoms with E-state index < -0.39 is 0 Å². The molecule has 2 N–H and O–H groups in total. The average molecular weight is 387 g/mol. The SMILES string of the molecule is CN=C(NCCc1coc(-c2ccc(F)cc2)n1)NCc1ccccc1Cl. The van der Waals surface area contributed by atoms with E-state index in [1.165, 1.54) is 12.1 Å². The van der Waals surface area contributed by atoms with E-state index in [1.807, 2.05) is 24.3 Å². The minimum absolute atomic E-state index is 0.287. The van der Waals surface area contributed by atoms with Gasteiger partial charge in [-0.1, -0.05) is 29.8 Å². The zero-order valence-corrected chi connectivity index (χ0v) is 15.6. The molecule has 0 unspecified atom stereocenters. The molecule has 0 aliphatic carbocycles. The van der Waals surface area contributed by atoms with E-state index in [9.17, 15) is 4.39 Å². The second-order valence-corrected chi connectivity index (χ2v) is 6.25. The van der Waals surface area contributed by atoms with E-state index in [1.54, 1.807) is 25.4 Å². The number of hydrogen-bond acceptors (Lipinski definition) is 3. The van der Waals surface area contributed by atoms with Crippen molar-refractivity contribution in [3.63, 3.8) is 0 Å². The van der Waals surface area contributed by atoms with Crippen molar-refractivity contribution < 1.29 is 8.81 Å². The number of rotatable bonds is 6. The van der Waals surface area contributed by atoms with Crippen LogP contribution in [0.3, 0.4) is 0 Å². The molecule has 0 radical (unpaired) electrons. The third-order valence-electron chi connectivity index (χ3n) is 3.94. The average Bonchev–Trinajstić information content (AvgIpc) is 3.15. The maximum atomic E-state index is 13.0. The summed E-state index contributed by atoms with van der Waals surface area (Å²) in [6.45, 7) is 1.22. The molecule has 0 bridgehead atoms. The summed E-state index contributed by atoms with van der Waals surface area (Å²) >= 11 is 6.16. The van der Waals surface area contributed by atoms with Crippen molar-refractivity contribution in [1.82, 2.24) is 15.6 Å². The Labute approximate surface area is 162 Å². The van der Waals surface area contributed by atoms with Gasteiger partial charge in [-0.3, -0.25) is 4.99 Å². The molecule has 7 heteroatoms. The molecule has 27 heavy (non-hydrogen) atoms. The van der Waals surface area contributed by atoms with Crippen LogP contribution in [-0.4, -0.2) is 24.5 Å². The maximum Gasteiger partial charge on any atom is 0.226 e. The number of aromatic nitrogens is 1. The summed E-state index contributed by atoms with van der Waals surface area (Å²) in [5, 5.41) is 7.17. The van der Waals surface area contributed by atoms with Crippen LogP contribution in [0.4, 0.5) is 4.39 Å². The van der Waals surface area contributed by atoms with Crippen LogP contribution in [0.2, 0.25) is 5.02 Å². The van der Waals surface area contributed by atoms with Gasteiger partial charge in [0.25, 0.3) is 0 Å². The van der Waals surface area contributed by atoms with Gasteiger partial charge in [-0.25, -0.2) is 9.37 Å². The molecule has 2 aromatic carbocycles. The molecular weight excluding hydrogens is 367 g/mol. The predicted molar refractivity (Wildman–Crippen MR) is 105 cm³/mol. The molecule has 0 spiro atoms. The Balaban J connectivity index is 1.48. The first kappa shape index (κ1) is 18.9. The van der Waals surface area contributed by atoms with Gasteiger partial charge in [0.1, 0.15) is 12.1 Å². The highest BCUT2D eigenvalue weighted by Gasteiger charge is 2.07. The molecule has 0 saturated carbocycles. The largest absolute Gasteiger partial charge is 0.444 e. The lowest BCUT2D eigenvalue weighted by atomic mass is 10.2. The highest BCUT2D eigenvalue weighted by atomic mass is 35.5. The van der Waals surface area contributed by atoms with Crippen molar-refractivity contribution in [2.75, 3.05) is 13.6 Å². The summed E-state index contributed by atoms with van der Waals surface area (Å²) in [6, 6.07) is 13.7. The number of hydrogen-bond donors (Lipinski definition) is 2. The zero-order valence-electron chi connectivity index (χ0n) is 14.9. The molecule has 0 aliphatic heterocycles. The highest BCUT2D eigenvalue weighted by Crippen LogP contribution is 2.19. The summed E-state index contributed by atoms with van der Waals surface area (Å²) in [7, 11) is 1.71. The van der Waals surface area contributed by atoms with E-state index >= 15 is 0 Å². The van der Waals surface area contributed by atoms with E-state index in [2.05, 4.69) is 20.6 Å². The van der Waals surface area contributed by atoms with Crippen LogP contribution in [0.15, 0.2) is 64.2 Å². The number of nitrogens with zero attached hydrogens (tertiary/aromatic N) is 2. The number of nitrogens with one attached hydrogen (secondary N) is 2. The van der Waals surface area contributed by atoms with Gasteiger partial charge in [0.05, 0.1) is 5.69 Å². The Morgan fingerprint density at radius 1 is 1.15 bits per heavy atom. The first-order chi connectivity index (χ1) is 13.2. The third kappa shape index (κ3) is 5.31. The van der Waals surface area contributed by atoms with E-state index in [-0.39, 0.29) is 5.82 Å². The van der Waals surface area contributed by atoms with Crippen molar-refractivity contribution in [2.45, 2.75) is 13.0 Å². The molecule has 0 fully saturated rings. The van der Waals surface area contributed by atoms with E-state index in [4.69, 9.17) is 16.0 Å². The Kier molecular flexibility index (Phi) is 6.44. The Bertz CT molecular complexity index is 908. The topological polar surface area (TPSA) is 62.5 Å². The second kappa shape index (κ2) is 9.19. The molecule has 1 aromatic heterocycles. The minimum Gasteiger partial charge on any atom is -0.444 e. The molecule has 3 aromatic rings. The van der Waals surface area contributed by atoms with Crippen LogP contribution in [0.25, 0.3) is 11.5 Å². The summed E-state index contributed by atoms with van der Waals surface area (Å²) in [4.78, 5) is 8.63. The van der Waals surface area contributed by atoms with Gasteiger partial charge in [-0.2, -0.15) is 0 Å². The van der Waals surface area contributed by atoms with E-state index in [0.29, 0.717) is 31.4 Å². The fraction of sp³-hybridized carbons (Fsp3) is 0.200. The first-order valence-electron chi connectivity index (χ1n) is 8.54. The normalized spacial score (nSPS) is 11.4. The number of guanidine groups is 1. The lowest BCUT2D eigenvalue weighted by molar-refractivity contribution is 0.571. The molecule has 0 saturated heterocycles. The summed E-state index contributed by atoms with van der Waals surface area (Å²) < 4.78 is 18.5. The molecule has 1 heterocycles. The monoisotopic (exact) mass is 386 g/mol. The number of aliphatic imine (C=N–C) groups is 1. The summed E-state index contributed by atoms with van der Waals surface area (Å²) in [5.74, 6) is 0.869. The standard InChI is InChI=1S/C20H20ClFN4O/c1-23-20(25-12-15-4-2-3-5-18(15)21)24-11-10-17-13-27-19(26-17)14-6-8-16(22)9-7-14/h2-9,13H,10-12H2,1H3,(H2,23,24,25). The summed E-state index contributed by atoms with van der Waals surface area (Å²) in [6.07, 6.45) is 2.28. The summed E-state index contributed by atoms with van der Waals surface area (Å²) in [5.41, 5.74) is 2.55. The van der Waals surface area contributed by atoms with Gasteiger partial charge in [0, 0.05) is 37.1 Å².